The zero-order valence-electron chi connectivity index (χ0n) is 12.6. The molecule has 1 aliphatic heterocycles. The summed E-state index contributed by atoms with van der Waals surface area (Å²) in [6, 6.07) is 4.69. The Morgan fingerprint density at radius 2 is 2.42 bits per heavy atom. The quantitative estimate of drug-likeness (QED) is 0.817. The van der Waals surface area contributed by atoms with Crippen LogP contribution < -0.4 is 11.1 Å². The van der Waals surface area contributed by atoms with Crippen molar-refractivity contribution < 1.29 is 13.9 Å². The fourth-order valence-corrected chi connectivity index (χ4v) is 2.62. The maximum atomic E-state index is 13.2. The molecular weight excluding hydrogens is 315 g/mol. The predicted molar refractivity (Wildman–Crippen MR) is 81.8 cm³/mol. The first kappa shape index (κ1) is 15.9. The number of nitriles is 1. The number of carbonyl (C=O) groups excluding carboxylic acids is 1. The SMILES string of the molecule is N#CC1COCC[C@H]1n1cc(C(N)=O)c(Nc2ccnc(F)c2)n1. The Morgan fingerprint density at radius 3 is 3.12 bits per heavy atom. The summed E-state index contributed by atoms with van der Waals surface area (Å²) in [5, 5.41) is 16.4. The summed E-state index contributed by atoms with van der Waals surface area (Å²) in [6.07, 6.45) is 3.40. The van der Waals surface area contributed by atoms with Crippen molar-refractivity contribution in [2.75, 3.05) is 18.5 Å². The number of primary amides is 1. The molecule has 8 nitrogen and oxygen atoms in total. The second kappa shape index (κ2) is 6.64. The Labute approximate surface area is 137 Å². The molecule has 1 aliphatic rings. The van der Waals surface area contributed by atoms with Gasteiger partial charge in [-0.3, -0.25) is 9.48 Å². The molecule has 2 aromatic rings. The molecule has 1 saturated heterocycles. The van der Waals surface area contributed by atoms with Gasteiger partial charge in [-0.1, -0.05) is 0 Å². The van der Waals surface area contributed by atoms with Crippen LogP contribution in [0.1, 0.15) is 22.8 Å². The number of carbonyl (C=O) groups is 1. The van der Waals surface area contributed by atoms with E-state index in [1.54, 1.807) is 10.7 Å². The van der Waals surface area contributed by atoms with Gasteiger partial charge in [-0.05, 0) is 12.5 Å². The number of hydrogen-bond donors (Lipinski definition) is 2. The molecule has 24 heavy (non-hydrogen) atoms. The van der Waals surface area contributed by atoms with Crippen molar-refractivity contribution in [2.24, 2.45) is 11.7 Å². The number of rotatable bonds is 4. The molecule has 0 aliphatic carbocycles. The summed E-state index contributed by atoms with van der Waals surface area (Å²) in [5.41, 5.74) is 5.95. The van der Waals surface area contributed by atoms with E-state index in [2.05, 4.69) is 21.5 Å². The molecule has 0 spiro atoms. The van der Waals surface area contributed by atoms with E-state index < -0.39 is 11.9 Å². The van der Waals surface area contributed by atoms with Crippen molar-refractivity contribution in [2.45, 2.75) is 12.5 Å². The van der Waals surface area contributed by atoms with Crippen LogP contribution in [0.5, 0.6) is 0 Å². The zero-order valence-corrected chi connectivity index (χ0v) is 12.6. The normalized spacial score (nSPS) is 20.3. The number of aromatic nitrogens is 3. The average Bonchev–Trinajstić information content (AvgIpc) is 2.98. The van der Waals surface area contributed by atoms with E-state index in [9.17, 15) is 14.4 Å². The zero-order chi connectivity index (χ0) is 17.1. The van der Waals surface area contributed by atoms with Crippen molar-refractivity contribution in [1.82, 2.24) is 14.8 Å². The van der Waals surface area contributed by atoms with E-state index in [-0.39, 0.29) is 23.3 Å². The van der Waals surface area contributed by atoms with Gasteiger partial charge in [-0.25, -0.2) is 4.98 Å². The Morgan fingerprint density at radius 1 is 1.58 bits per heavy atom. The maximum absolute atomic E-state index is 13.2. The van der Waals surface area contributed by atoms with Crippen LogP contribution >= 0.6 is 0 Å². The number of nitrogens with zero attached hydrogens (tertiary/aromatic N) is 4. The summed E-state index contributed by atoms with van der Waals surface area (Å²) in [4.78, 5) is 15.1. The van der Waals surface area contributed by atoms with E-state index in [4.69, 9.17) is 10.5 Å². The Balaban J connectivity index is 1.93. The van der Waals surface area contributed by atoms with Crippen molar-refractivity contribution in [3.8, 4) is 6.07 Å². The maximum Gasteiger partial charge on any atom is 0.254 e. The van der Waals surface area contributed by atoms with Gasteiger partial charge in [-0.2, -0.15) is 14.8 Å². The molecule has 3 heterocycles. The van der Waals surface area contributed by atoms with Crippen molar-refractivity contribution >= 4 is 17.4 Å². The van der Waals surface area contributed by atoms with Crippen molar-refractivity contribution in [3.63, 3.8) is 0 Å². The number of halogens is 1. The van der Waals surface area contributed by atoms with Crippen LogP contribution in [0.2, 0.25) is 0 Å². The van der Waals surface area contributed by atoms with E-state index in [1.807, 2.05) is 0 Å². The number of anilines is 2. The van der Waals surface area contributed by atoms with Crippen LogP contribution in [-0.4, -0.2) is 33.9 Å². The number of nitrogens with two attached hydrogens (primary N) is 1. The summed E-state index contributed by atoms with van der Waals surface area (Å²) >= 11 is 0. The summed E-state index contributed by atoms with van der Waals surface area (Å²) in [5.74, 6) is -1.49. The summed E-state index contributed by atoms with van der Waals surface area (Å²) < 4.78 is 20.1. The van der Waals surface area contributed by atoms with Crippen LogP contribution in [0.25, 0.3) is 0 Å². The largest absolute Gasteiger partial charge is 0.380 e. The first-order valence-electron chi connectivity index (χ1n) is 7.33. The van der Waals surface area contributed by atoms with Gasteiger partial charge in [0.1, 0.15) is 5.56 Å². The molecule has 0 saturated carbocycles. The molecule has 1 fully saturated rings. The minimum Gasteiger partial charge on any atom is -0.380 e. The number of amides is 1. The number of ether oxygens (including phenoxy) is 1. The molecule has 0 radical (unpaired) electrons. The lowest BCUT2D eigenvalue weighted by Gasteiger charge is -2.26. The molecule has 3 rings (SSSR count). The fraction of sp³-hybridized carbons (Fsp3) is 0.333. The van der Waals surface area contributed by atoms with Crippen LogP contribution in [0, 0.1) is 23.2 Å². The smallest absolute Gasteiger partial charge is 0.254 e. The third-order valence-electron chi connectivity index (χ3n) is 3.81. The van der Waals surface area contributed by atoms with Crippen LogP contribution in [0.4, 0.5) is 15.9 Å². The second-order valence-corrected chi connectivity index (χ2v) is 5.39. The van der Waals surface area contributed by atoms with E-state index in [0.717, 1.165) is 0 Å². The Kier molecular flexibility index (Phi) is 4.39. The first-order chi connectivity index (χ1) is 11.6. The molecule has 1 unspecified atom stereocenters. The standard InChI is InChI=1S/C15H15FN6O2/c16-13-5-10(1-3-19-13)20-15-11(14(18)23)7-22(21-15)12-2-4-24-8-9(12)6-17/h1,3,5,7,9,12H,2,4,8H2,(H2,18,23)(H,19,20,21)/t9?,12-/m1/s1. The third kappa shape index (κ3) is 3.18. The lowest BCUT2D eigenvalue weighted by molar-refractivity contribution is 0.0385. The predicted octanol–water partition coefficient (Wildman–Crippen LogP) is 1.36. The number of pyridine rings is 1. The monoisotopic (exact) mass is 330 g/mol. The molecule has 9 heteroatoms. The minimum absolute atomic E-state index is 0.162. The Hall–Kier alpha value is -2.99. The van der Waals surface area contributed by atoms with Gasteiger partial charge in [0, 0.05) is 30.8 Å². The highest BCUT2D eigenvalue weighted by atomic mass is 19.1. The van der Waals surface area contributed by atoms with Crippen LogP contribution in [0.3, 0.4) is 0 Å². The van der Waals surface area contributed by atoms with Gasteiger partial charge >= 0.3 is 0 Å². The second-order valence-electron chi connectivity index (χ2n) is 5.39. The van der Waals surface area contributed by atoms with Gasteiger partial charge in [-0.15, -0.1) is 0 Å². The average molecular weight is 330 g/mol. The van der Waals surface area contributed by atoms with E-state index in [1.165, 1.54) is 18.5 Å². The molecule has 2 atom stereocenters. The number of hydrogen-bond acceptors (Lipinski definition) is 6. The lowest BCUT2D eigenvalue weighted by atomic mass is 9.97. The van der Waals surface area contributed by atoms with Crippen molar-refractivity contribution in [3.05, 3.63) is 36.0 Å². The highest BCUT2D eigenvalue weighted by molar-refractivity contribution is 5.98. The van der Waals surface area contributed by atoms with Gasteiger partial charge in [0.05, 0.1) is 24.6 Å². The molecular formula is C15H15FN6O2. The summed E-state index contributed by atoms with van der Waals surface area (Å²) in [6.45, 7) is 0.818. The van der Waals surface area contributed by atoms with Gasteiger partial charge in [0.15, 0.2) is 5.82 Å². The van der Waals surface area contributed by atoms with E-state index in [0.29, 0.717) is 25.3 Å². The first-order valence-corrected chi connectivity index (χ1v) is 7.33. The molecule has 0 bridgehead atoms. The third-order valence-corrected chi connectivity index (χ3v) is 3.81. The van der Waals surface area contributed by atoms with Crippen LogP contribution in [-0.2, 0) is 4.74 Å². The lowest BCUT2D eigenvalue weighted by Crippen LogP contribution is -2.29. The minimum atomic E-state index is -0.668. The molecule has 3 N–H and O–H groups in total. The molecule has 0 aromatic carbocycles. The van der Waals surface area contributed by atoms with E-state index >= 15 is 0 Å². The number of nitrogens with one attached hydrogen (secondary N) is 1. The molecule has 2 aromatic heterocycles. The van der Waals surface area contributed by atoms with Crippen LogP contribution in [0.15, 0.2) is 24.5 Å². The Bertz CT molecular complexity index is 800. The van der Waals surface area contributed by atoms with Crippen molar-refractivity contribution in [1.29, 1.82) is 5.26 Å². The topological polar surface area (TPSA) is 119 Å². The highest BCUT2D eigenvalue weighted by Crippen LogP contribution is 2.29. The summed E-state index contributed by atoms with van der Waals surface area (Å²) in [7, 11) is 0. The van der Waals surface area contributed by atoms with Gasteiger partial charge in [0.2, 0.25) is 5.95 Å². The van der Waals surface area contributed by atoms with Gasteiger partial charge < -0.3 is 15.8 Å². The highest BCUT2D eigenvalue weighted by Gasteiger charge is 2.29. The van der Waals surface area contributed by atoms with Gasteiger partial charge in [0.25, 0.3) is 5.91 Å². The fourth-order valence-electron chi connectivity index (χ4n) is 2.62. The molecule has 1 amide bonds. The molecule has 124 valence electrons.